The fraction of sp³-hybridized carbons (Fsp3) is 0.385. The van der Waals surface area contributed by atoms with Crippen LogP contribution < -0.4 is 10.6 Å². The van der Waals surface area contributed by atoms with Crippen molar-refractivity contribution in [3.05, 3.63) is 29.8 Å². The maximum absolute atomic E-state index is 11.9. The van der Waals surface area contributed by atoms with Crippen LogP contribution in [-0.2, 0) is 0 Å². The number of carbonyl (C=O) groups is 2. The van der Waals surface area contributed by atoms with E-state index in [2.05, 4.69) is 24.1 Å². The first kappa shape index (κ1) is 16.1. The number of alkyl halides is 1. The molecule has 108 valence electrons. The smallest absolute Gasteiger partial charge is 0.348 e. The van der Waals surface area contributed by atoms with Gasteiger partial charge >= 0.3 is 12.1 Å². The maximum Gasteiger partial charge on any atom is 0.366 e. The van der Waals surface area contributed by atoms with Crippen molar-refractivity contribution in [2.24, 2.45) is 16.0 Å². The van der Waals surface area contributed by atoms with Crippen molar-refractivity contribution in [3.8, 4) is 0 Å². The van der Waals surface area contributed by atoms with Crippen molar-refractivity contribution >= 4 is 29.4 Å². The van der Waals surface area contributed by atoms with E-state index in [1.165, 1.54) is 4.90 Å². The lowest BCUT2D eigenvalue weighted by Gasteiger charge is -2.19. The van der Waals surface area contributed by atoms with E-state index in [1.807, 2.05) is 12.1 Å². The first-order valence-electron chi connectivity index (χ1n) is 6.14. The summed E-state index contributed by atoms with van der Waals surface area (Å²) in [7, 11) is 0. The van der Waals surface area contributed by atoms with Crippen molar-refractivity contribution in [2.45, 2.75) is 19.8 Å². The molecule has 0 aromatic heterocycles. The molecule has 0 atom stereocenters. The van der Waals surface area contributed by atoms with Crippen LogP contribution in [0.5, 0.6) is 0 Å². The number of nitrogens with zero attached hydrogens (tertiary/aromatic N) is 3. The Morgan fingerprint density at radius 1 is 1.25 bits per heavy atom. The summed E-state index contributed by atoms with van der Waals surface area (Å²) < 4.78 is 0. The Morgan fingerprint density at radius 2 is 1.85 bits per heavy atom. The molecule has 6 nitrogen and oxygen atoms in total. The molecule has 0 heterocycles. The third-order valence-electron chi connectivity index (χ3n) is 2.64. The number of hydrogen-bond acceptors (Lipinski definition) is 2. The molecular formula is C13H17ClN4O2. The van der Waals surface area contributed by atoms with Crippen LogP contribution in [0.2, 0.25) is 0 Å². The van der Waals surface area contributed by atoms with E-state index in [4.69, 9.17) is 17.3 Å². The monoisotopic (exact) mass is 296 g/mol. The van der Waals surface area contributed by atoms with Gasteiger partial charge in [-0.15, -0.1) is 11.6 Å². The number of halogens is 1. The average Bonchev–Trinajstić information content (AvgIpc) is 2.42. The van der Waals surface area contributed by atoms with Crippen molar-refractivity contribution < 1.29 is 9.59 Å². The van der Waals surface area contributed by atoms with E-state index in [1.54, 1.807) is 12.1 Å². The van der Waals surface area contributed by atoms with Crippen LogP contribution in [0.4, 0.5) is 15.3 Å². The first-order chi connectivity index (χ1) is 9.45. The van der Waals surface area contributed by atoms with Gasteiger partial charge in [0.2, 0.25) is 0 Å². The highest BCUT2D eigenvalue weighted by Crippen LogP contribution is 2.20. The quantitative estimate of drug-likeness (QED) is 0.680. The molecule has 0 aliphatic carbocycles. The van der Waals surface area contributed by atoms with Crippen LogP contribution in [0, 0.1) is 0 Å². The lowest BCUT2D eigenvalue weighted by molar-refractivity contribution is 0.248. The zero-order valence-electron chi connectivity index (χ0n) is 11.4. The second-order valence-corrected chi connectivity index (χ2v) is 4.79. The Kier molecular flexibility index (Phi) is 6.11. The van der Waals surface area contributed by atoms with Crippen LogP contribution in [0.25, 0.3) is 0 Å². The van der Waals surface area contributed by atoms with Crippen LogP contribution in [0.3, 0.4) is 0 Å². The fourth-order valence-corrected chi connectivity index (χ4v) is 1.77. The number of primary amides is 1. The summed E-state index contributed by atoms with van der Waals surface area (Å²) >= 11 is 5.68. The summed E-state index contributed by atoms with van der Waals surface area (Å²) in [4.78, 5) is 23.7. The lowest BCUT2D eigenvalue weighted by atomic mass is 10.0. The van der Waals surface area contributed by atoms with E-state index >= 15 is 0 Å². The van der Waals surface area contributed by atoms with Crippen molar-refractivity contribution in [1.29, 1.82) is 0 Å². The number of carbonyl (C=O) groups excluding carboxylic acids is 2. The van der Waals surface area contributed by atoms with E-state index in [-0.39, 0.29) is 12.4 Å². The summed E-state index contributed by atoms with van der Waals surface area (Å²) in [6, 6.07) is 5.78. The highest BCUT2D eigenvalue weighted by Gasteiger charge is 2.15. The summed E-state index contributed by atoms with van der Waals surface area (Å²) in [5.41, 5.74) is 6.61. The molecule has 0 unspecified atom stereocenters. The molecule has 0 aliphatic rings. The highest BCUT2D eigenvalue weighted by atomic mass is 35.5. The lowest BCUT2D eigenvalue weighted by Crippen LogP contribution is -2.30. The predicted molar refractivity (Wildman–Crippen MR) is 78.4 cm³/mol. The minimum Gasteiger partial charge on any atom is -0.348 e. The summed E-state index contributed by atoms with van der Waals surface area (Å²) in [6.07, 6.45) is 0. The molecule has 7 heteroatoms. The molecule has 2 N–H and O–H groups in total. The van der Waals surface area contributed by atoms with Gasteiger partial charge in [0.25, 0.3) is 0 Å². The SMILES string of the molecule is CC(C)c1ccc(N(CCCl)C(=O)/N=N/C(N)=O)cc1. The molecule has 4 amide bonds. The predicted octanol–water partition coefficient (Wildman–Crippen LogP) is 3.51. The standard InChI is InChI=1S/C13H17ClN4O2/c1-9(2)10-3-5-11(6-4-10)18(8-7-14)13(20)17-16-12(15)19/h3-6,9H,7-8H2,1-2H3,(H2,15,19)/b17-16+. The molecule has 20 heavy (non-hydrogen) atoms. The second kappa shape index (κ2) is 7.59. The van der Waals surface area contributed by atoms with Crippen LogP contribution in [-0.4, -0.2) is 24.5 Å². The molecule has 0 saturated carbocycles. The fourth-order valence-electron chi connectivity index (χ4n) is 1.60. The zero-order chi connectivity index (χ0) is 15.1. The minimum absolute atomic E-state index is 0.240. The Labute approximate surface area is 122 Å². The maximum atomic E-state index is 11.9. The van der Waals surface area contributed by atoms with Gasteiger partial charge in [0.15, 0.2) is 0 Å². The normalized spacial score (nSPS) is 11.0. The Morgan fingerprint density at radius 3 is 2.30 bits per heavy atom. The Hall–Kier alpha value is -1.95. The molecule has 1 rings (SSSR count). The van der Waals surface area contributed by atoms with Crippen LogP contribution in [0.15, 0.2) is 34.5 Å². The van der Waals surface area contributed by atoms with Gasteiger partial charge in [0.05, 0.1) is 0 Å². The van der Waals surface area contributed by atoms with Gasteiger partial charge < -0.3 is 5.73 Å². The molecule has 0 bridgehead atoms. The number of benzene rings is 1. The molecular weight excluding hydrogens is 280 g/mol. The first-order valence-corrected chi connectivity index (χ1v) is 6.67. The molecule has 1 aromatic rings. The van der Waals surface area contributed by atoms with Crippen LogP contribution >= 0.6 is 11.6 Å². The van der Waals surface area contributed by atoms with Crippen molar-refractivity contribution in [1.82, 2.24) is 0 Å². The van der Waals surface area contributed by atoms with Gasteiger partial charge in [-0.3, -0.25) is 4.90 Å². The van der Waals surface area contributed by atoms with Gasteiger partial charge in [-0.1, -0.05) is 36.2 Å². The summed E-state index contributed by atoms with van der Waals surface area (Å²) in [5.74, 6) is 0.639. The highest BCUT2D eigenvalue weighted by molar-refractivity contribution is 6.18. The Bertz CT molecular complexity index is 500. The number of amides is 4. The van der Waals surface area contributed by atoms with Gasteiger partial charge in [-0.05, 0) is 23.6 Å². The van der Waals surface area contributed by atoms with Crippen LogP contribution in [0.1, 0.15) is 25.3 Å². The van der Waals surface area contributed by atoms with E-state index in [0.717, 1.165) is 5.56 Å². The molecule has 0 spiro atoms. The molecule has 1 aromatic carbocycles. The van der Waals surface area contributed by atoms with E-state index < -0.39 is 12.1 Å². The van der Waals surface area contributed by atoms with E-state index in [9.17, 15) is 9.59 Å². The minimum atomic E-state index is -1.01. The summed E-state index contributed by atoms with van der Waals surface area (Å²) in [6.45, 7) is 4.43. The van der Waals surface area contributed by atoms with Crippen molar-refractivity contribution in [3.63, 3.8) is 0 Å². The third-order valence-corrected chi connectivity index (χ3v) is 2.81. The molecule has 0 aliphatic heterocycles. The molecule has 0 radical (unpaired) electrons. The van der Waals surface area contributed by atoms with E-state index in [0.29, 0.717) is 11.6 Å². The topological polar surface area (TPSA) is 88.1 Å². The number of rotatable bonds is 4. The molecule has 0 saturated heterocycles. The molecule has 0 fully saturated rings. The summed E-state index contributed by atoms with van der Waals surface area (Å²) in [5, 5.41) is 6.28. The third kappa shape index (κ3) is 4.62. The number of azo groups is 1. The number of hydrogen-bond donors (Lipinski definition) is 1. The van der Waals surface area contributed by atoms with Gasteiger partial charge in [-0.2, -0.15) is 0 Å². The zero-order valence-corrected chi connectivity index (χ0v) is 12.2. The van der Waals surface area contributed by atoms with Gasteiger partial charge in [0, 0.05) is 18.1 Å². The van der Waals surface area contributed by atoms with Gasteiger partial charge in [0.1, 0.15) is 0 Å². The van der Waals surface area contributed by atoms with Gasteiger partial charge in [-0.25, -0.2) is 9.59 Å². The second-order valence-electron chi connectivity index (χ2n) is 4.41. The van der Waals surface area contributed by atoms with Crippen molar-refractivity contribution in [2.75, 3.05) is 17.3 Å². The number of nitrogens with two attached hydrogens (primary N) is 1. The number of anilines is 1. The average molecular weight is 297 g/mol. The largest absolute Gasteiger partial charge is 0.366 e. The number of urea groups is 2. The Balaban J connectivity index is 2.95.